The van der Waals surface area contributed by atoms with Crippen molar-refractivity contribution in [2.75, 3.05) is 0 Å². The summed E-state index contributed by atoms with van der Waals surface area (Å²) in [5, 5.41) is 4.37. The van der Waals surface area contributed by atoms with Crippen LogP contribution in [0.15, 0.2) is 84.9 Å². The normalized spacial score (nSPS) is 11.3. The Labute approximate surface area is 151 Å². The first-order chi connectivity index (χ1) is 12.2. The van der Waals surface area contributed by atoms with Crippen LogP contribution in [0.1, 0.15) is 23.5 Å². The number of halogens is 1. The second-order valence-electron chi connectivity index (χ2n) is 6.25. The van der Waals surface area contributed by atoms with Crippen LogP contribution < -0.4 is 0 Å². The van der Waals surface area contributed by atoms with Crippen molar-refractivity contribution in [1.29, 1.82) is 0 Å². The van der Waals surface area contributed by atoms with Crippen molar-refractivity contribution >= 4 is 38.4 Å². The maximum absolute atomic E-state index is 11.8. The quantitative estimate of drug-likeness (QED) is 0.398. The Morgan fingerprint density at radius 2 is 1.12 bits per heavy atom. The molecule has 0 aliphatic rings. The smallest absolute Gasteiger partial charge is 0.222 e. The van der Waals surface area contributed by atoms with Gasteiger partial charge in [-0.25, -0.2) is 0 Å². The highest BCUT2D eigenvalue weighted by Gasteiger charge is 2.21. The minimum Gasteiger partial charge on any atom is -0.281 e. The lowest BCUT2D eigenvalue weighted by atomic mass is 9.83. The second kappa shape index (κ2) is 6.70. The molecule has 0 saturated heterocycles. The topological polar surface area (TPSA) is 17.1 Å². The summed E-state index contributed by atoms with van der Waals surface area (Å²) in [5.41, 5.74) is 2.28. The molecule has 4 aromatic rings. The van der Waals surface area contributed by atoms with Gasteiger partial charge in [-0.15, -0.1) is 0 Å². The molecule has 0 atom stereocenters. The number of carbonyl (C=O) groups excluding carboxylic acids is 1. The average molecular weight is 345 g/mol. The zero-order chi connectivity index (χ0) is 17.2. The second-order valence-corrected chi connectivity index (χ2v) is 6.67. The summed E-state index contributed by atoms with van der Waals surface area (Å²) in [7, 11) is 0. The highest BCUT2D eigenvalue weighted by molar-refractivity contribution is 6.63. The Balaban J connectivity index is 1.98. The van der Waals surface area contributed by atoms with E-state index < -0.39 is 0 Å². The molecule has 0 radical (unpaired) electrons. The van der Waals surface area contributed by atoms with Crippen molar-refractivity contribution in [3.8, 4) is 0 Å². The largest absolute Gasteiger partial charge is 0.281 e. The van der Waals surface area contributed by atoms with Crippen LogP contribution in [0.2, 0.25) is 0 Å². The molecule has 0 aliphatic carbocycles. The van der Waals surface area contributed by atoms with Gasteiger partial charge >= 0.3 is 0 Å². The molecule has 2 heteroatoms. The van der Waals surface area contributed by atoms with E-state index in [2.05, 4.69) is 60.7 Å². The van der Waals surface area contributed by atoms with E-state index in [-0.39, 0.29) is 17.6 Å². The van der Waals surface area contributed by atoms with Crippen molar-refractivity contribution in [2.24, 2.45) is 0 Å². The molecule has 0 N–H and O–H groups in total. The molecular formula is C23H17ClO. The Kier molecular flexibility index (Phi) is 4.25. The van der Waals surface area contributed by atoms with Gasteiger partial charge in [0.05, 0.1) is 0 Å². The SMILES string of the molecule is O=C(Cl)CC(c1cccc2ccccc12)c1cccc2ccccc12. The average Bonchev–Trinajstić information content (AvgIpc) is 2.65. The first-order valence-corrected chi connectivity index (χ1v) is 8.75. The van der Waals surface area contributed by atoms with Crippen LogP contribution in [-0.2, 0) is 4.79 Å². The lowest BCUT2D eigenvalue weighted by molar-refractivity contribution is -0.111. The summed E-state index contributed by atoms with van der Waals surface area (Å²) < 4.78 is 0. The van der Waals surface area contributed by atoms with E-state index in [9.17, 15) is 4.79 Å². The minimum absolute atomic E-state index is 0.0674. The maximum Gasteiger partial charge on any atom is 0.222 e. The van der Waals surface area contributed by atoms with Crippen LogP contribution in [0, 0.1) is 0 Å². The molecule has 0 aromatic heterocycles. The molecule has 4 rings (SSSR count). The number of hydrogen-bond acceptors (Lipinski definition) is 1. The Hall–Kier alpha value is -2.64. The third-order valence-corrected chi connectivity index (χ3v) is 4.92. The van der Waals surface area contributed by atoms with Gasteiger partial charge in [-0.05, 0) is 44.3 Å². The van der Waals surface area contributed by atoms with Gasteiger partial charge in [0, 0.05) is 12.3 Å². The molecule has 0 unspecified atom stereocenters. The maximum atomic E-state index is 11.8. The van der Waals surface area contributed by atoms with Crippen molar-refractivity contribution in [3.05, 3.63) is 96.1 Å². The minimum atomic E-state index is -0.314. The molecular weight excluding hydrogens is 328 g/mol. The molecule has 4 aromatic carbocycles. The van der Waals surface area contributed by atoms with Crippen LogP contribution in [0.25, 0.3) is 21.5 Å². The molecule has 0 aliphatic heterocycles. The zero-order valence-corrected chi connectivity index (χ0v) is 14.4. The summed E-state index contributed by atoms with van der Waals surface area (Å²) in [5.74, 6) is -0.0674. The highest BCUT2D eigenvalue weighted by Crippen LogP contribution is 2.37. The van der Waals surface area contributed by atoms with E-state index in [1.807, 2.05) is 24.3 Å². The van der Waals surface area contributed by atoms with Crippen LogP contribution in [-0.4, -0.2) is 5.24 Å². The molecule has 1 nitrogen and oxygen atoms in total. The van der Waals surface area contributed by atoms with E-state index in [1.165, 1.54) is 21.5 Å². The fraction of sp³-hybridized carbons (Fsp3) is 0.0870. The van der Waals surface area contributed by atoms with Crippen molar-refractivity contribution in [1.82, 2.24) is 0 Å². The predicted octanol–water partition coefficient (Wildman–Crippen LogP) is 6.28. The van der Waals surface area contributed by atoms with E-state index in [1.54, 1.807) is 0 Å². The Morgan fingerprint density at radius 3 is 1.60 bits per heavy atom. The molecule has 0 bridgehead atoms. The molecule has 0 spiro atoms. The summed E-state index contributed by atoms with van der Waals surface area (Å²) >= 11 is 5.84. The predicted molar refractivity (Wildman–Crippen MR) is 105 cm³/mol. The van der Waals surface area contributed by atoms with Gasteiger partial charge in [0.25, 0.3) is 0 Å². The first kappa shape index (κ1) is 15.9. The monoisotopic (exact) mass is 344 g/mol. The van der Waals surface area contributed by atoms with Gasteiger partial charge in [-0.2, -0.15) is 0 Å². The van der Waals surface area contributed by atoms with Gasteiger partial charge in [-0.1, -0.05) is 84.9 Å². The molecule has 0 fully saturated rings. The number of fused-ring (bicyclic) bond motifs is 2. The fourth-order valence-electron chi connectivity index (χ4n) is 3.66. The number of hydrogen-bond donors (Lipinski definition) is 0. The third-order valence-electron chi connectivity index (χ3n) is 4.76. The highest BCUT2D eigenvalue weighted by atomic mass is 35.5. The van der Waals surface area contributed by atoms with Crippen molar-refractivity contribution in [3.63, 3.8) is 0 Å². The molecule has 0 heterocycles. The fourth-order valence-corrected chi connectivity index (χ4v) is 3.81. The lowest BCUT2D eigenvalue weighted by Gasteiger charge is -2.20. The molecule has 122 valence electrons. The number of benzene rings is 4. The van der Waals surface area contributed by atoms with Crippen LogP contribution in [0.5, 0.6) is 0 Å². The van der Waals surface area contributed by atoms with Gasteiger partial charge in [-0.3, -0.25) is 4.79 Å². The number of carbonyl (C=O) groups is 1. The zero-order valence-electron chi connectivity index (χ0n) is 13.7. The van der Waals surface area contributed by atoms with E-state index >= 15 is 0 Å². The van der Waals surface area contributed by atoms with Gasteiger partial charge in [0.15, 0.2) is 0 Å². The molecule has 25 heavy (non-hydrogen) atoms. The van der Waals surface area contributed by atoms with Crippen molar-refractivity contribution in [2.45, 2.75) is 12.3 Å². The number of rotatable bonds is 4. The summed E-state index contributed by atoms with van der Waals surface area (Å²) in [4.78, 5) is 11.8. The summed E-state index contributed by atoms with van der Waals surface area (Å²) in [6, 6.07) is 29.1. The van der Waals surface area contributed by atoms with Gasteiger partial charge in [0.1, 0.15) is 0 Å². The molecule has 0 amide bonds. The first-order valence-electron chi connectivity index (χ1n) is 8.37. The van der Waals surface area contributed by atoms with E-state index in [0.29, 0.717) is 0 Å². The lowest BCUT2D eigenvalue weighted by Crippen LogP contribution is -2.06. The van der Waals surface area contributed by atoms with Gasteiger partial charge in [0.2, 0.25) is 5.24 Å². The molecule has 0 saturated carbocycles. The van der Waals surface area contributed by atoms with Crippen LogP contribution >= 0.6 is 11.6 Å². The standard InChI is InChI=1S/C23H17ClO/c24-23(25)15-22(20-13-5-9-16-7-1-3-11-18(16)20)21-14-6-10-17-8-2-4-12-19(17)21/h1-14,22H,15H2. The van der Waals surface area contributed by atoms with Crippen LogP contribution in [0.4, 0.5) is 0 Å². The van der Waals surface area contributed by atoms with E-state index in [4.69, 9.17) is 11.6 Å². The van der Waals surface area contributed by atoms with Gasteiger partial charge < -0.3 is 0 Å². The van der Waals surface area contributed by atoms with E-state index in [0.717, 1.165) is 11.1 Å². The Morgan fingerprint density at radius 1 is 0.680 bits per heavy atom. The Bertz CT molecular complexity index is 978. The summed E-state index contributed by atoms with van der Waals surface area (Å²) in [6.07, 6.45) is 0.281. The van der Waals surface area contributed by atoms with Crippen LogP contribution in [0.3, 0.4) is 0 Å². The van der Waals surface area contributed by atoms with Crippen molar-refractivity contribution < 1.29 is 4.79 Å². The summed E-state index contributed by atoms with van der Waals surface area (Å²) in [6.45, 7) is 0. The third kappa shape index (κ3) is 3.04.